The fourth-order valence-corrected chi connectivity index (χ4v) is 2.92. The highest BCUT2D eigenvalue weighted by molar-refractivity contribution is 8.14. The lowest BCUT2D eigenvalue weighted by molar-refractivity contribution is -0.114. The number of benzene rings is 1. The predicted molar refractivity (Wildman–Crippen MR) is 88.8 cm³/mol. The van der Waals surface area contributed by atoms with Gasteiger partial charge in [-0.2, -0.15) is 0 Å². The topological polar surface area (TPSA) is 59.1 Å². The lowest BCUT2D eigenvalue weighted by Gasteiger charge is -2.04. The Morgan fingerprint density at radius 2 is 2.10 bits per heavy atom. The number of carbonyl (C=O) groups excluding carboxylic acids is 2. The van der Waals surface area contributed by atoms with Crippen LogP contribution < -0.4 is 5.32 Å². The number of carbonyl (C=O) groups is 2. The van der Waals surface area contributed by atoms with Gasteiger partial charge in [-0.1, -0.05) is 29.5 Å². The van der Waals surface area contributed by atoms with E-state index in [4.69, 9.17) is 0 Å². The molecule has 0 saturated heterocycles. The normalized spacial score (nSPS) is 10.4. The number of thioether (sulfide) groups is 1. The van der Waals surface area contributed by atoms with Crippen LogP contribution in [0, 0.1) is 13.8 Å². The van der Waals surface area contributed by atoms with Gasteiger partial charge in [0.15, 0.2) is 10.2 Å². The largest absolute Gasteiger partial charge is 0.301 e. The van der Waals surface area contributed by atoms with Gasteiger partial charge in [0.1, 0.15) is 0 Å². The molecule has 0 fully saturated rings. The van der Waals surface area contributed by atoms with E-state index in [9.17, 15) is 9.59 Å². The number of thiazole rings is 1. The zero-order valence-corrected chi connectivity index (χ0v) is 13.7. The van der Waals surface area contributed by atoms with Gasteiger partial charge in [0, 0.05) is 17.9 Å². The number of amides is 1. The first-order valence-electron chi connectivity index (χ1n) is 6.42. The Bertz CT molecular complexity index is 680. The Hall–Kier alpha value is -1.66. The van der Waals surface area contributed by atoms with Crippen LogP contribution in [0.5, 0.6) is 0 Å². The summed E-state index contributed by atoms with van der Waals surface area (Å²) < 4.78 is 0. The van der Waals surface area contributed by atoms with Crippen molar-refractivity contribution in [1.82, 2.24) is 4.98 Å². The van der Waals surface area contributed by atoms with E-state index >= 15 is 0 Å². The average molecular weight is 320 g/mol. The molecule has 0 aliphatic heterocycles. The number of nitrogens with one attached hydrogen (secondary N) is 1. The number of anilines is 1. The van der Waals surface area contributed by atoms with Crippen LogP contribution >= 0.6 is 23.1 Å². The van der Waals surface area contributed by atoms with Gasteiger partial charge in [0.25, 0.3) is 0 Å². The van der Waals surface area contributed by atoms with Crippen LogP contribution in [0.15, 0.2) is 23.6 Å². The number of aryl methyl sites for hydroxylation is 2. The minimum Gasteiger partial charge on any atom is -0.301 e. The first-order chi connectivity index (χ1) is 9.95. The summed E-state index contributed by atoms with van der Waals surface area (Å²) in [7, 11) is 0. The quantitative estimate of drug-likeness (QED) is 0.934. The first-order valence-corrected chi connectivity index (χ1v) is 8.28. The molecule has 1 heterocycles. The minimum absolute atomic E-state index is 0.0691. The van der Waals surface area contributed by atoms with Gasteiger partial charge in [0.2, 0.25) is 5.91 Å². The molecule has 0 bridgehead atoms. The molecular formula is C15H16N2O2S2. The lowest BCUT2D eigenvalue weighted by atomic mass is 10.0. The van der Waals surface area contributed by atoms with Crippen molar-refractivity contribution in [3.05, 3.63) is 34.7 Å². The summed E-state index contributed by atoms with van der Waals surface area (Å²) in [5.74, 6) is -0.0923. The fraction of sp³-hybridized carbons (Fsp3) is 0.267. The van der Waals surface area contributed by atoms with Crippen molar-refractivity contribution in [2.24, 2.45) is 0 Å². The van der Waals surface area contributed by atoms with Crippen LogP contribution in [0.3, 0.4) is 0 Å². The molecule has 4 nitrogen and oxygen atoms in total. The number of hydrogen-bond donors (Lipinski definition) is 1. The van der Waals surface area contributed by atoms with Crippen molar-refractivity contribution in [2.45, 2.75) is 20.8 Å². The highest BCUT2D eigenvalue weighted by Gasteiger charge is 2.10. The maximum absolute atomic E-state index is 11.7. The third-order valence-electron chi connectivity index (χ3n) is 2.83. The lowest BCUT2D eigenvalue weighted by Crippen LogP contribution is -2.14. The maximum Gasteiger partial charge on any atom is 0.236 e. The van der Waals surface area contributed by atoms with Crippen molar-refractivity contribution in [2.75, 3.05) is 11.1 Å². The van der Waals surface area contributed by atoms with Crippen LogP contribution in [-0.4, -0.2) is 21.8 Å². The van der Waals surface area contributed by atoms with Gasteiger partial charge >= 0.3 is 0 Å². The molecule has 0 radical (unpaired) electrons. The molecule has 0 aliphatic carbocycles. The maximum atomic E-state index is 11.7. The molecule has 1 aromatic carbocycles. The molecule has 1 amide bonds. The van der Waals surface area contributed by atoms with Gasteiger partial charge in [0.05, 0.1) is 11.4 Å². The Morgan fingerprint density at radius 3 is 2.81 bits per heavy atom. The molecule has 6 heteroatoms. The summed E-state index contributed by atoms with van der Waals surface area (Å²) in [5.41, 5.74) is 4.25. The van der Waals surface area contributed by atoms with E-state index in [0.29, 0.717) is 5.13 Å². The Morgan fingerprint density at radius 1 is 1.33 bits per heavy atom. The van der Waals surface area contributed by atoms with Crippen LogP contribution in [0.1, 0.15) is 18.1 Å². The van der Waals surface area contributed by atoms with Crippen molar-refractivity contribution >= 4 is 39.3 Å². The molecule has 0 atom stereocenters. The Kier molecular flexibility index (Phi) is 5.14. The Labute approximate surface area is 132 Å². The number of aromatic nitrogens is 1. The SMILES string of the molecule is CC(=O)SCC(=O)Nc1nc(-c2cc(C)ccc2C)cs1. The number of nitrogens with zero attached hydrogens (tertiary/aromatic N) is 1. The van der Waals surface area contributed by atoms with Crippen LogP contribution in [0.25, 0.3) is 11.3 Å². The fourth-order valence-electron chi connectivity index (χ4n) is 1.79. The van der Waals surface area contributed by atoms with Crippen molar-refractivity contribution in [3.8, 4) is 11.3 Å². The zero-order valence-electron chi connectivity index (χ0n) is 12.1. The van der Waals surface area contributed by atoms with Crippen LogP contribution in [-0.2, 0) is 9.59 Å². The molecule has 21 heavy (non-hydrogen) atoms. The van der Waals surface area contributed by atoms with Gasteiger partial charge in [-0.25, -0.2) is 4.98 Å². The second-order valence-corrected chi connectivity index (χ2v) is 6.70. The second-order valence-electron chi connectivity index (χ2n) is 4.68. The third kappa shape index (κ3) is 4.41. The first kappa shape index (κ1) is 15.7. The average Bonchev–Trinajstić information content (AvgIpc) is 2.87. The zero-order chi connectivity index (χ0) is 15.4. The van der Waals surface area contributed by atoms with E-state index < -0.39 is 0 Å². The molecule has 0 aliphatic rings. The second kappa shape index (κ2) is 6.87. The standard InChI is InChI=1S/C15H16N2O2S2/c1-9-4-5-10(2)12(6-9)13-7-21-15(16-13)17-14(19)8-20-11(3)18/h4-7H,8H2,1-3H3,(H,16,17,19). The number of rotatable bonds is 4. The van der Waals surface area contributed by atoms with Crippen molar-refractivity contribution in [1.29, 1.82) is 0 Å². The van der Waals surface area contributed by atoms with Gasteiger partial charge < -0.3 is 5.32 Å². The van der Waals surface area contributed by atoms with E-state index in [1.54, 1.807) is 0 Å². The molecular weight excluding hydrogens is 304 g/mol. The highest BCUT2D eigenvalue weighted by atomic mass is 32.2. The summed E-state index contributed by atoms with van der Waals surface area (Å²) in [5, 5.41) is 5.13. The van der Waals surface area contributed by atoms with Gasteiger partial charge in [-0.05, 0) is 25.5 Å². The van der Waals surface area contributed by atoms with E-state index in [1.807, 2.05) is 19.2 Å². The molecule has 0 unspecified atom stereocenters. The molecule has 110 valence electrons. The van der Waals surface area contributed by atoms with E-state index in [1.165, 1.54) is 23.8 Å². The number of hydrogen-bond acceptors (Lipinski definition) is 5. The van der Waals surface area contributed by atoms with Gasteiger partial charge in [-0.3, -0.25) is 9.59 Å². The minimum atomic E-state index is -0.211. The predicted octanol–water partition coefficient (Wildman–Crippen LogP) is 3.65. The molecule has 1 aromatic heterocycles. The third-order valence-corrected chi connectivity index (χ3v) is 4.40. The summed E-state index contributed by atoms with van der Waals surface area (Å²) >= 11 is 2.38. The highest BCUT2D eigenvalue weighted by Crippen LogP contribution is 2.28. The van der Waals surface area contributed by atoms with Crippen LogP contribution in [0.2, 0.25) is 0 Å². The summed E-state index contributed by atoms with van der Waals surface area (Å²) in [6.07, 6.45) is 0. The summed E-state index contributed by atoms with van der Waals surface area (Å²) in [6, 6.07) is 6.21. The van der Waals surface area contributed by atoms with Gasteiger partial charge in [-0.15, -0.1) is 11.3 Å². The Balaban J connectivity index is 2.09. The molecule has 1 N–H and O–H groups in total. The van der Waals surface area contributed by atoms with Crippen molar-refractivity contribution in [3.63, 3.8) is 0 Å². The van der Waals surface area contributed by atoms with Crippen LogP contribution in [0.4, 0.5) is 5.13 Å². The summed E-state index contributed by atoms with van der Waals surface area (Å²) in [6.45, 7) is 5.52. The monoisotopic (exact) mass is 320 g/mol. The molecule has 0 saturated carbocycles. The van der Waals surface area contributed by atoms with E-state index in [-0.39, 0.29) is 16.8 Å². The van der Waals surface area contributed by atoms with Crippen molar-refractivity contribution < 1.29 is 9.59 Å². The van der Waals surface area contributed by atoms with E-state index in [2.05, 4.69) is 28.5 Å². The molecule has 0 spiro atoms. The molecule has 2 aromatic rings. The van der Waals surface area contributed by atoms with E-state index in [0.717, 1.165) is 28.6 Å². The smallest absolute Gasteiger partial charge is 0.236 e. The molecule has 2 rings (SSSR count). The summed E-state index contributed by atoms with van der Waals surface area (Å²) in [4.78, 5) is 26.9.